The first-order valence-electron chi connectivity index (χ1n) is 7.86. The molecule has 24 heavy (non-hydrogen) atoms. The van der Waals surface area contributed by atoms with E-state index in [1.165, 1.54) is 33.4 Å². The number of hydrogen-bond acceptors (Lipinski definition) is 0. The van der Waals surface area contributed by atoms with E-state index in [4.69, 9.17) is 0 Å². The minimum absolute atomic E-state index is 0. The molecule has 0 unspecified atom stereocenters. The summed E-state index contributed by atoms with van der Waals surface area (Å²) in [6.07, 6.45) is 1.03. The van der Waals surface area contributed by atoms with Gasteiger partial charge in [0.05, 0.1) is 0 Å². The normalized spacial score (nSPS) is 12.2. The standard InChI is InChI=1S/C21H25.2ClH.Cr/c1-20(2,3)16-7-9-18-14(12-16)11-15-13-17(21(4,5)6)8-10-19(15)18;;;/h7-10,12H,11H2,1-6H3;2*1H;/q-1;;;+3/p-2. The number of hydrogen-bond donors (Lipinski definition) is 0. The van der Waals surface area contributed by atoms with Crippen LogP contribution in [0.25, 0.3) is 11.1 Å². The molecule has 0 N–H and O–H groups in total. The molecule has 2 aromatic carbocycles. The Kier molecular flexibility index (Phi) is 7.69. The van der Waals surface area contributed by atoms with Gasteiger partial charge >= 0.3 is 17.4 Å². The zero-order valence-corrected chi connectivity index (χ0v) is 18.0. The first-order chi connectivity index (χ1) is 9.66. The molecule has 129 valence electrons. The zero-order valence-electron chi connectivity index (χ0n) is 15.3. The zero-order chi connectivity index (χ0) is 15.4. The molecule has 1 aliphatic rings. The molecule has 0 nitrogen and oxygen atoms in total. The molecule has 2 aromatic rings. The van der Waals surface area contributed by atoms with Gasteiger partial charge in [-0.2, -0.15) is 23.8 Å². The molecule has 1 aliphatic carbocycles. The van der Waals surface area contributed by atoms with Crippen LogP contribution >= 0.6 is 0 Å². The van der Waals surface area contributed by atoms with Gasteiger partial charge < -0.3 is 24.8 Å². The van der Waals surface area contributed by atoms with Gasteiger partial charge in [0, 0.05) is 0 Å². The van der Waals surface area contributed by atoms with Crippen molar-refractivity contribution in [3.63, 3.8) is 0 Å². The van der Waals surface area contributed by atoms with E-state index in [0.29, 0.717) is 0 Å². The van der Waals surface area contributed by atoms with Crippen LogP contribution in [0.3, 0.4) is 0 Å². The maximum absolute atomic E-state index is 3.67. The Balaban J connectivity index is 0.00000176. The number of rotatable bonds is 0. The van der Waals surface area contributed by atoms with Crippen LogP contribution in [0, 0.1) is 6.07 Å². The minimum atomic E-state index is 0. The van der Waals surface area contributed by atoms with E-state index in [9.17, 15) is 0 Å². The number of halogens is 2. The molecule has 0 spiro atoms. The molecule has 0 atom stereocenters. The van der Waals surface area contributed by atoms with Crippen LogP contribution < -0.4 is 24.8 Å². The summed E-state index contributed by atoms with van der Waals surface area (Å²) in [5.41, 5.74) is 8.70. The van der Waals surface area contributed by atoms with Crippen molar-refractivity contribution in [2.45, 2.75) is 58.8 Å². The van der Waals surface area contributed by atoms with Crippen molar-refractivity contribution in [1.82, 2.24) is 0 Å². The average molecular weight is 400 g/mol. The second kappa shape index (κ2) is 7.84. The van der Waals surface area contributed by atoms with Crippen LogP contribution in [0.4, 0.5) is 0 Å². The van der Waals surface area contributed by atoms with Crippen LogP contribution in [-0.2, 0) is 34.6 Å². The average Bonchev–Trinajstić information content (AvgIpc) is 2.73. The molecule has 0 bridgehead atoms. The molecule has 3 rings (SSSR count). The summed E-state index contributed by atoms with van der Waals surface area (Å²) in [4.78, 5) is 0. The minimum Gasteiger partial charge on any atom is -1.00 e. The third-order valence-electron chi connectivity index (χ3n) is 4.46. The molecule has 0 saturated heterocycles. The Morgan fingerprint density at radius 1 is 0.792 bits per heavy atom. The van der Waals surface area contributed by atoms with E-state index in [1.54, 1.807) is 0 Å². The molecule has 0 aliphatic heterocycles. The van der Waals surface area contributed by atoms with E-state index in [2.05, 4.69) is 77.9 Å². The van der Waals surface area contributed by atoms with Crippen molar-refractivity contribution in [3.05, 3.63) is 58.7 Å². The Bertz CT molecular complexity index is 645. The van der Waals surface area contributed by atoms with Gasteiger partial charge in [-0.3, -0.25) is 0 Å². The SMILES string of the molecule is CC(C)(C)c1[c-]c2c(cc1)-c1ccc(C(C)(C)C)cc1C2.[Cl-].[Cl-].[Cr+3]. The second-order valence-corrected chi connectivity index (χ2v) is 8.31. The van der Waals surface area contributed by atoms with Gasteiger partial charge in [-0.1, -0.05) is 65.3 Å². The van der Waals surface area contributed by atoms with Crippen molar-refractivity contribution < 1.29 is 42.2 Å². The van der Waals surface area contributed by atoms with E-state index in [0.717, 1.165) is 6.42 Å². The molecule has 0 saturated carbocycles. The topological polar surface area (TPSA) is 0 Å². The Morgan fingerprint density at radius 2 is 1.38 bits per heavy atom. The molecule has 0 amide bonds. The van der Waals surface area contributed by atoms with Crippen LogP contribution in [0.2, 0.25) is 0 Å². The van der Waals surface area contributed by atoms with Crippen molar-refractivity contribution in [1.29, 1.82) is 0 Å². The van der Waals surface area contributed by atoms with Crippen molar-refractivity contribution in [3.8, 4) is 11.1 Å². The molecule has 0 heterocycles. The monoisotopic (exact) mass is 399 g/mol. The van der Waals surface area contributed by atoms with Gasteiger partial charge in [-0.25, -0.2) is 0 Å². The van der Waals surface area contributed by atoms with E-state index in [-0.39, 0.29) is 53.0 Å². The number of benzene rings is 2. The fraction of sp³-hybridized carbons (Fsp3) is 0.429. The molecule has 0 aromatic heterocycles. The smallest absolute Gasteiger partial charge is 1.00 e. The number of fused-ring (bicyclic) bond motifs is 3. The quantitative estimate of drug-likeness (QED) is 0.453. The molecular weight excluding hydrogens is 375 g/mol. The van der Waals surface area contributed by atoms with Gasteiger partial charge in [-0.15, -0.1) is 11.1 Å². The Hall–Kier alpha value is -0.448. The molecule has 1 radical (unpaired) electrons. The fourth-order valence-electron chi connectivity index (χ4n) is 3.03. The van der Waals surface area contributed by atoms with Crippen molar-refractivity contribution in [2.75, 3.05) is 0 Å². The largest absolute Gasteiger partial charge is 3.00 e. The maximum Gasteiger partial charge on any atom is 3.00 e. The summed E-state index contributed by atoms with van der Waals surface area (Å²) in [7, 11) is 0. The second-order valence-electron chi connectivity index (χ2n) is 8.31. The van der Waals surface area contributed by atoms with Crippen LogP contribution in [0.15, 0.2) is 30.3 Å². The van der Waals surface area contributed by atoms with Gasteiger partial charge in [0.2, 0.25) is 0 Å². The van der Waals surface area contributed by atoms with Crippen molar-refractivity contribution >= 4 is 0 Å². The van der Waals surface area contributed by atoms with E-state index < -0.39 is 0 Å². The summed E-state index contributed by atoms with van der Waals surface area (Å²) in [6, 6.07) is 15.2. The first kappa shape index (κ1) is 23.6. The summed E-state index contributed by atoms with van der Waals surface area (Å²) in [5, 5.41) is 0. The Labute approximate surface area is 170 Å². The summed E-state index contributed by atoms with van der Waals surface area (Å²) < 4.78 is 0. The molecular formula is C21H25Cl2Cr. The van der Waals surface area contributed by atoms with Gasteiger partial charge in [-0.05, 0) is 28.4 Å². The van der Waals surface area contributed by atoms with Crippen LogP contribution in [0.5, 0.6) is 0 Å². The molecule has 3 heteroatoms. The summed E-state index contributed by atoms with van der Waals surface area (Å²) >= 11 is 0. The van der Waals surface area contributed by atoms with Crippen LogP contribution in [0.1, 0.15) is 63.8 Å². The van der Waals surface area contributed by atoms with Crippen LogP contribution in [-0.4, -0.2) is 0 Å². The predicted molar refractivity (Wildman–Crippen MR) is 90.9 cm³/mol. The van der Waals surface area contributed by atoms with Gasteiger partial charge in [0.1, 0.15) is 0 Å². The van der Waals surface area contributed by atoms with E-state index in [1.807, 2.05) is 0 Å². The molecule has 0 fully saturated rings. The van der Waals surface area contributed by atoms with Gasteiger partial charge in [0.25, 0.3) is 0 Å². The third-order valence-corrected chi connectivity index (χ3v) is 4.46. The maximum atomic E-state index is 3.67. The predicted octanol–water partition coefficient (Wildman–Crippen LogP) is -0.342. The third kappa shape index (κ3) is 4.39. The Morgan fingerprint density at radius 3 is 1.92 bits per heavy atom. The summed E-state index contributed by atoms with van der Waals surface area (Å²) in [5.74, 6) is 0. The van der Waals surface area contributed by atoms with E-state index >= 15 is 0 Å². The first-order valence-corrected chi connectivity index (χ1v) is 7.86. The van der Waals surface area contributed by atoms with Crippen molar-refractivity contribution in [2.24, 2.45) is 0 Å². The summed E-state index contributed by atoms with van der Waals surface area (Å²) in [6.45, 7) is 13.6. The van der Waals surface area contributed by atoms with Gasteiger partial charge in [0.15, 0.2) is 0 Å². The fourth-order valence-corrected chi connectivity index (χ4v) is 3.03.